The third-order valence-electron chi connectivity index (χ3n) is 1.42. The Labute approximate surface area is 72.1 Å². The van der Waals surface area contributed by atoms with Gasteiger partial charge in [0, 0.05) is 0 Å². The van der Waals surface area contributed by atoms with Crippen molar-refractivity contribution in [2.24, 2.45) is 5.84 Å². The maximum Gasteiger partial charge on any atom is 0.226 e. The summed E-state index contributed by atoms with van der Waals surface area (Å²) < 4.78 is 0. The lowest BCUT2D eigenvalue weighted by Crippen LogP contribution is -2.09. The van der Waals surface area contributed by atoms with Crippen molar-refractivity contribution in [3.05, 3.63) is 11.5 Å². The highest BCUT2D eigenvalue weighted by molar-refractivity contribution is 6.28. The summed E-state index contributed by atoms with van der Waals surface area (Å²) in [6.07, 6.45) is 1.57. The number of nitrogens with two attached hydrogens (primary N) is 1. The number of fused-ring (bicyclic) bond motifs is 1. The molecule has 7 heteroatoms. The fourth-order valence-electron chi connectivity index (χ4n) is 0.918. The Morgan fingerprint density at radius 3 is 3.08 bits per heavy atom. The molecule has 2 aromatic rings. The first-order chi connectivity index (χ1) is 5.81. The van der Waals surface area contributed by atoms with E-state index in [2.05, 4.69) is 25.6 Å². The van der Waals surface area contributed by atoms with Crippen LogP contribution in [0.2, 0.25) is 5.28 Å². The Bertz CT molecular complexity index is 409. The second-order valence-electron chi connectivity index (χ2n) is 2.12. The van der Waals surface area contributed by atoms with Crippen LogP contribution in [0.1, 0.15) is 0 Å². The van der Waals surface area contributed by atoms with Gasteiger partial charge in [0.05, 0.1) is 11.6 Å². The smallest absolute Gasteiger partial charge is 0.226 e. The van der Waals surface area contributed by atoms with Crippen LogP contribution in [0.5, 0.6) is 0 Å². The van der Waals surface area contributed by atoms with Crippen LogP contribution in [0.15, 0.2) is 6.20 Å². The van der Waals surface area contributed by atoms with E-state index in [0.717, 1.165) is 0 Å². The predicted octanol–water partition coefficient (Wildman–Crippen LogP) is 0.292. The zero-order valence-corrected chi connectivity index (χ0v) is 6.63. The lowest BCUT2D eigenvalue weighted by molar-refractivity contribution is 1.09. The SMILES string of the molecule is NNc1nc(Cl)nc2[nH]ncc12. The van der Waals surface area contributed by atoms with E-state index in [0.29, 0.717) is 16.9 Å². The lowest BCUT2D eigenvalue weighted by atomic mass is 10.4. The van der Waals surface area contributed by atoms with Crippen LogP contribution in [-0.4, -0.2) is 20.2 Å². The van der Waals surface area contributed by atoms with Gasteiger partial charge in [0.25, 0.3) is 0 Å². The van der Waals surface area contributed by atoms with E-state index in [9.17, 15) is 0 Å². The molecule has 0 atom stereocenters. The van der Waals surface area contributed by atoms with Gasteiger partial charge in [-0.2, -0.15) is 15.1 Å². The highest BCUT2D eigenvalue weighted by atomic mass is 35.5. The van der Waals surface area contributed by atoms with E-state index < -0.39 is 0 Å². The molecule has 0 radical (unpaired) electrons. The number of anilines is 1. The van der Waals surface area contributed by atoms with E-state index >= 15 is 0 Å². The second-order valence-corrected chi connectivity index (χ2v) is 2.46. The van der Waals surface area contributed by atoms with E-state index in [4.69, 9.17) is 17.4 Å². The van der Waals surface area contributed by atoms with E-state index in [1.54, 1.807) is 6.20 Å². The first kappa shape index (κ1) is 7.26. The predicted molar refractivity (Wildman–Crippen MR) is 44.5 cm³/mol. The third-order valence-corrected chi connectivity index (χ3v) is 1.59. The quantitative estimate of drug-likeness (QED) is 0.337. The largest absolute Gasteiger partial charge is 0.308 e. The molecule has 0 bridgehead atoms. The molecule has 2 heterocycles. The Kier molecular flexibility index (Phi) is 1.56. The molecule has 0 amide bonds. The van der Waals surface area contributed by atoms with Gasteiger partial charge in [-0.15, -0.1) is 0 Å². The highest BCUT2D eigenvalue weighted by Crippen LogP contribution is 2.18. The van der Waals surface area contributed by atoms with Crippen molar-refractivity contribution in [2.75, 3.05) is 5.43 Å². The fourth-order valence-corrected chi connectivity index (χ4v) is 1.09. The number of hydrogen-bond acceptors (Lipinski definition) is 5. The summed E-state index contributed by atoms with van der Waals surface area (Å²) in [6, 6.07) is 0. The van der Waals surface area contributed by atoms with Gasteiger partial charge in [-0.1, -0.05) is 0 Å². The number of halogens is 1. The molecule has 62 valence electrons. The molecule has 6 nitrogen and oxygen atoms in total. The van der Waals surface area contributed by atoms with Gasteiger partial charge < -0.3 is 5.43 Å². The van der Waals surface area contributed by atoms with Crippen LogP contribution in [0.4, 0.5) is 5.82 Å². The first-order valence-corrected chi connectivity index (χ1v) is 3.52. The van der Waals surface area contributed by atoms with Crippen molar-refractivity contribution in [1.29, 1.82) is 0 Å². The standard InChI is InChI=1S/C5H5ClN6/c6-5-9-3(11-7)2-1-8-12-4(2)10-5/h1H,7H2,(H2,8,9,10,11,12). The van der Waals surface area contributed by atoms with Gasteiger partial charge in [-0.05, 0) is 11.6 Å². The molecular formula is C5H5ClN6. The number of nitrogen functional groups attached to an aromatic ring is 1. The number of aromatic amines is 1. The Balaban J connectivity index is 2.80. The second kappa shape index (κ2) is 2.58. The van der Waals surface area contributed by atoms with Crippen LogP contribution in [0.25, 0.3) is 11.0 Å². The van der Waals surface area contributed by atoms with Gasteiger partial charge in [0.15, 0.2) is 11.5 Å². The number of hydrazine groups is 1. The maximum absolute atomic E-state index is 5.59. The van der Waals surface area contributed by atoms with Crippen molar-refractivity contribution in [3.63, 3.8) is 0 Å². The van der Waals surface area contributed by atoms with Crippen molar-refractivity contribution in [2.45, 2.75) is 0 Å². The van der Waals surface area contributed by atoms with Gasteiger partial charge in [0.2, 0.25) is 5.28 Å². The van der Waals surface area contributed by atoms with Gasteiger partial charge in [-0.25, -0.2) is 5.84 Å². The molecule has 0 fully saturated rings. The van der Waals surface area contributed by atoms with E-state index in [1.807, 2.05) is 0 Å². The van der Waals surface area contributed by atoms with Gasteiger partial charge >= 0.3 is 0 Å². The van der Waals surface area contributed by atoms with Gasteiger partial charge in [0.1, 0.15) is 0 Å². The summed E-state index contributed by atoms with van der Waals surface area (Å²) in [5, 5.41) is 7.26. The maximum atomic E-state index is 5.59. The van der Waals surface area contributed by atoms with Crippen molar-refractivity contribution in [1.82, 2.24) is 20.2 Å². The number of H-pyrrole nitrogens is 1. The molecule has 0 saturated carbocycles. The van der Waals surface area contributed by atoms with E-state index in [1.165, 1.54) is 0 Å². The topological polar surface area (TPSA) is 92.5 Å². The number of nitrogens with one attached hydrogen (secondary N) is 2. The Hall–Kier alpha value is -1.40. The minimum absolute atomic E-state index is 0.125. The molecule has 12 heavy (non-hydrogen) atoms. The zero-order valence-electron chi connectivity index (χ0n) is 5.87. The summed E-state index contributed by atoms with van der Waals surface area (Å²) in [7, 11) is 0. The first-order valence-electron chi connectivity index (χ1n) is 3.14. The van der Waals surface area contributed by atoms with Crippen molar-refractivity contribution >= 4 is 28.5 Å². The normalized spacial score (nSPS) is 10.5. The highest BCUT2D eigenvalue weighted by Gasteiger charge is 2.05. The number of nitrogens with zero attached hydrogens (tertiary/aromatic N) is 3. The Morgan fingerprint density at radius 1 is 1.50 bits per heavy atom. The average molecular weight is 185 g/mol. The Morgan fingerprint density at radius 2 is 2.33 bits per heavy atom. The summed E-state index contributed by atoms with van der Waals surface area (Å²) in [6.45, 7) is 0. The zero-order chi connectivity index (χ0) is 8.55. The summed E-state index contributed by atoms with van der Waals surface area (Å²) in [5.74, 6) is 5.66. The van der Waals surface area contributed by atoms with Crippen molar-refractivity contribution in [3.8, 4) is 0 Å². The van der Waals surface area contributed by atoms with Crippen LogP contribution in [-0.2, 0) is 0 Å². The van der Waals surface area contributed by atoms with Crippen molar-refractivity contribution < 1.29 is 0 Å². The molecule has 0 aliphatic carbocycles. The van der Waals surface area contributed by atoms with Crippen LogP contribution >= 0.6 is 11.6 Å². The molecule has 0 aromatic carbocycles. The molecule has 0 aliphatic heterocycles. The molecule has 0 spiro atoms. The molecule has 2 aromatic heterocycles. The molecular weight excluding hydrogens is 180 g/mol. The minimum atomic E-state index is 0.125. The van der Waals surface area contributed by atoms with Crippen LogP contribution in [0, 0.1) is 0 Å². The number of rotatable bonds is 1. The molecule has 0 unspecified atom stereocenters. The minimum Gasteiger partial charge on any atom is -0.308 e. The molecule has 4 N–H and O–H groups in total. The number of hydrogen-bond donors (Lipinski definition) is 3. The van der Waals surface area contributed by atoms with Crippen LogP contribution in [0.3, 0.4) is 0 Å². The molecule has 0 saturated heterocycles. The van der Waals surface area contributed by atoms with E-state index in [-0.39, 0.29) is 5.28 Å². The average Bonchev–Trinajstić information content (AvgIpc) is 2.50. The fraction of sp³-hybridized carbons (Fsp3) is 0. The van der Waals surface area contributed by atoms with Crippen LogP contribution < -0.4 is 11.3 Å². The summed E-state index contributed by atoms with van der Waals surface area (Å²) in [4.78, 5) is 7.74. The lowest BCUT2D eigenvalue weighted by Gasteiger charge is -1.98. The number of aromatic nitrogens is 4. The summed E-state index contributed by atoms with van der Waals surface area (Å²) in [5.41, 5.74) is 2.96. The molecule has 0 aliphatic rings. The molecule has 2 rings (SSSR count). The summed E-state index contributed by atoms with van der Waals surface area (Å²) >= 11 is 5.59. The van der Waals surface area contributed by atoms with Gasteiger partial charge in [-0.3, -0.25) is 5.10 Å². The monoisotopic (exact) mass is 184 g/mol. The third kappa shape index (κ3) is 0.973.